The van der Waals surface area contributed by atoms with Gasteiger partial charge in [0.2, 0.25) is 11.8 Å². The molecule has 4 nitrogen and oxygen atoms in total. The molecule has 4 heteroatoms. The molecule has 0 aliphatic heterocycles. The Bertz CT molecular complexity index is 280. The second-order valence-corrected chi connectivity index (χ2v) is 4.65. The Labute approximate surface area is 83.0 Å². The van der Waals surface area contributed by atoms with E-state index in [9.17, 15) is 9.59 Å². The van der Waals surface area contributed by atoms with E-state index in [0.29, 0.717) is 5.92 Å². The third-order valence-corrected chi connectivity index (χ3v) is 4.07. The molecule has 0 aromatic carbocycles. The zero-order chi connectivity index (χ0) is 10.3. The first kappa shape index (κ1) is 9.49. The molecule has 1 unspecified atom stereocenters. The first-order valence-electron chi connectivity index (χ1n) is 5.15. The van der Waals surface area contributed by atoms with Gasteiger partial charge in [0.25, 0.3) is 0 Å². The van der Waals surface area contributed by atoms with Crippen LogP contribution in [-0.4, -0.2) is 11.8 Å². The largest absolute Gasteiger partial charge is 0.369 e. The zero-order valence-electron chi connectivity index (χ0n) is 8.16. The van der Waals surface area contributed by atoms with E-state index in [1.165, 1.54) is 0 Å². The van der Waals surface area contributed by atoms with Crippen LogP contribution in [0, 0.1) is 17.3 Å². The topological polar surface area (TPSA) is 86.2 Å². The highest BCUT2D eigenvalue weighted by atomic mass is 16.2. The summed E-state index contributed by atoms with van der Waals surface area (Å²) in [5, 5.41) is 0. The van der Waals surface area contributed by atoms with Crippen molar-refractivity contribution in [1.82, 2.24) is 0 Å². The van der Waals surface area contributed by atoms with Crippen LogP contribution in [-0.2, 0) is 9.59 Å². The second-order valence-electron chi connectivity index (χ2n) is 4.65. The first-order chi connectivity index (χ1) is 6.56. The van der Waals surface area contributed by atoms with Crippen LogP contribution >= 0.6 is 0 Å². The predicted molar refractivity (Wildman–Crippen MR) is 50.9 cm³/mol. The third kappa shape index (κ3) is 1.13. The maximum Gasteiger partial charge on any atom is 0.224 e. The number of carbonyl (C=O) groups is 2. The quantitative estimate of drug-likeness (QED) is 0.658. The lowest BCUT2D eigenvalue weighted by Gasteiger charge is -2.48. The van der Waals surface area contributed by atoms with Crippen molar-refractivity contribution >= 4 is 11.8 Å². The van der Waals surface area contributed by atoms with Gasteiger partial charge in [-0.15, -0.1) is 0 Å². The van der Waals surface area contributed by atoms with Gasteiger partial charge in [-0.25, -0.2) is 0 Å². The molecule has 3 rings (SSSR count). The highest BCUT2D eigenvalue weighted by Gasteiger charge is 2.53. The summed E-state index contributed by atoms with van der Waals surface area (Å²) in [4.78, 5) is 22.7. The van der Waals surface area contributed by atoms with Crippen LogP contribution in [0.5, 0.6) is 0 Å². The number of primary amides is 2. The molecule has 78 valence electrons. The standard InChI is InChI=1S/C10H16N2O2/c11-8(13)7-5-6-1-3-10(7,4-2-6)9(12)14/h6-7H,1-5H2,(H2,11,13)(H2,12,14). The normalized spacial score (nSPS) is 40.9. The molecule has 3 aliphatic carbocycles. The Hall–Kier alpha value is -1.06. The van der Waals surface area contributed by atoms with E-state index in [2.05, 4.69) is 0 Å². The van der Waals surface area contributed by atoms with E-state index in [0.717, 1.165) is 32.1 Å². The molecule has 0 saturated heterocycles. The maximum atomic E-state index is 11.5. The number of amides is 2. The van der Waals surface area contributed by atoms with Gasteiger partial charge in [-0.2, -0.15) is 0 Å². The van der Waals surface area contributed by atoms with Gasteiger partial charge in [-0.3, -0.25) is 9.59 Å². The van der Waals surface area contributed by atoms with Gasteiger partial charge in [0.05, 0.1) is 11.3 Å². The van der Waals surface area contributed by atoms with Gasteiger partial charge in [-0.05, 0) is 38.0 Å². The van der Waals surface area contributed by atoms with Crippen LogP contribution in [0.1, 0.15) is 32.1 Å². The van der Waals surface area contributed by atoms with Crippen LogP contribution in [0.4, 0.5) is 0 Å². The van der Waals surface area contributed by atoms with E-state index in [4.69, 9.17) is 11.5 Å². The number of carbonyl (C=O) groups excluding carboxylic acids is 2. The molecule has 3 aliphatic rings. The summed E-state index contributed by atoms with van der Waals surface area (Å²) in [6.45, 7) is 0. The average molecular weight is 196 g/mol. The molecule has 2 amide bonds. The van der Waals surface area contributed by atoms with Gasteiger partial charge in [0, 0.05) is 0 Å². The van der Waals surface area contributed by atoms with E-state index in [1.807, 2.05) is 0 Å². The summed E-state index contributed by atoms with van der Waals surface area (Å²) in [6.07, 6.45) is 4.30. The van der Waals surface area contributed by atoms with Gasteiger partial charge >= 0.3 is 0 Å². The summed E-state index contributed by atoms with van der Waals surface area (Å²) < 4.78 is 0. The third-order valence-electron chi connectivity index (χ3n) is 4.07. The summed E-state index contributed by atoms with van der Waals surface area (Å²) in [5.41, 5.74) is 10.1. The van der Waals surface area contributed by atoms with E-state index in [1.54, 1.807) is 0 Å². The van der Waals surface area contributed by atoms with Gasteiger partial charge in [-0.1, -0.05) is 0 Å². The Morgan fingerprint density at radius 1 is 1.14 bits per heavy atom. The van der Waals surface area contributed by atoms with Crippen molar-refractivity contribution in [2.24, 2.45) is 28.7 Å². The fourth-order valence-electron chi connectivity index (χ4n) is 3.14. The molecule has 0 aromatic rings. The molecule has 0 spiro atoms. The monoisotopic (exact) mass is 196 g/mol. The van der Waals surface area contributed by atoms with E-state index >= 15 is 0 Å². The number of rotatable bonds is 2. The van der Waals surface area contributed by atoms with Crippen molar-refractivity contribution in [3.63, 3.8) is 0 Å². The van der Waals surface area contributed by atoms with Crippen LogP contribution in [0.3, 0.4) is 0 Å². The van der Waals surface area contributed by atoms with Crippen molar-refractivity contribution < 1.29 is 9.59 Å². The molecule has 0 heterocycles. The maximum absolute atomic E-state index is 11.5. The minimum absolute atomic E-state index is 0.313. The SMILES string of the molecule is NC(=O)C1CC2CCC1(C(N)=O)CC2. The summed E-state index contributed by atoms with van der Waals surface area (Å²) in [7, 11) is 0. The molecule has 1 atom stereocenters. The van der Waals surface area contributed by atoms with E-state index in [-0.39, 0.29) is 17.7 Å². The van der Waals surface area contributed by atoms with Crippen LogP contribution < -0.4 is 11.5 Å². The highest BCUT2D eigenvalue weighted by Crippen LogP contribution is 2.53. The fraction of sp³-hybridized carbons (Fsp3) is 0.800. The summed E-state index contributed by atoms with van der Waals surface area (Å²) >= 11 is 0. The molecular formula is C10H16N2O2. The number of hydrogen-bond acceptors (Lipinski definition) is 2. The molecule has 3 saturated carbocycles. The van der Waals surface area contributed by atoms with Gasteiger partial charge < -0.3 is 11.5 Å². The Morgan fingerprint density at radius 2 is 1.71 bits per heavy atom. The molecule has 14 heavy (non-hydrogen) atoms. The lowest BCUT2D eigenvalue weighted by Crippen LogP contribution is -2.54. The molecule has 0 aromatic heterocycles. The molecular weight excluding hydrogens is 180 g/mol. The smallest absolute Gasteiger partial charge is 0.224 e. The average Bonchev–Trinajstić information content (AvgIpc) is 2.19. The lowest BCUT2D eigenvalue weighted by atomic mass is 9.54. The van der Waals surface area contributed by atoms with Crippen LogP contribution in [0.15, 0.2) is 0 Å². The number of hydrogen-bond donors (Lipinski definition) is 2. The lowest BCUT2D eigenvalue weighted by molar-refractivity contribution is -0.148. The Balaban J connectivity index is 2.33. The predicted octanol–water partition coefficient (Wildman–Crippen LogP) is 0.153. The van der Waals surface area contributed by atoms with Crippen molar-refractivity contribution in [3.05, 3.63) is 0 Å². The van der Waals surface area contributed by atoms with Gasteiger partial charge in [0.15, 0.2) is 0 Å². The minimum atomic E-state index is -0.611. The molecule has 4 N–H and O–H groups in total. The highest BCUT2D eigenvalue weighted by molar-refractivity contribution is 5.89. The fourth-order valence-corrected chi connectivity index (χ4v) is 3.14. The van der Waals surface area contributed by atoms with E-state index < -0.39 is 5.41 Å². The van der Waals surface area contributed by atoms with Crippen molar-refractivity contribution in [2.45, 2.75) is 32.1 Å². The van der Waals surface area contributed by atoms with Gasteiger partial charge in [0.1, 0.15) is 0 Å². The summed E-state index contributed by atoms with van der Waals surface area (Å²) in [6, 6.07) is 0. The minimum Gasteiger partial charge on any atom is -0.369 e. The van der Waals surface area contributed by atoms with Crippen LogP contribution in [0.2, 0.25) is 0 Å². The molecule has 3 fully saturated rings. The van der Waals surface area contributed by atoms with Crippen molar-refractivity contribution in [1.29, 1.82) is 0 Å². The van der Waals surface area contributed by atoms with Crippen LogP contribution in [0.25, 0.3) is 0 Å². The Kier molecular flexibility index (Phi) is 2.01. The molecule has 0 radical (unpaired) electrons. The first-order valence-corrected chi connectivity index (χ1v) is 5.15. The zero-order valence-corrected chi connectivity index (χ0v) is 8.16. The van der Waals surface area contributed by atoms with Crippen molar-refractivity contribution in [3.8, 4) is 0 Å². The van der Waals surface area contributed by atoms with Crippen molar-refractivity contribution in [2.75, 3.05) is 0 Å². The summed E-state index contributed by atoms with van der Waals surface area (Å²) in [5.74, 6) is -0.422. The Morgan fingerprint density at radius 3 is 2.07 bits per heavy atom. The second kappa shape index (κ2) is 2.97. The number of nitrogens with two attached hydrogens (primary N) is 2. The molecule has 2 bridgehead atoms. The number of fused-ring (bicyclic) bond motifs is 3.